The summed E-state index contributed by atoms with van der Waals surface area (Å²) in [6.45, 7) is 1.56. The lowest BCUT2D eigenvalue weighted by atomic mass is 10.0. The first-order valence-electron chi connectivity index (χ1n) is 6.53. The van der Waals surface area contributed by atoms with Crippen molar-refractivity contribution in [3.05, 3.63) is 41.6 Å². The molecule has 1 N–H and O–H groups in total. The molecule has 2 rings (SSSR count). The van der Waals surface area contributed by atoms with Gasteiger partial charge in [0.05, 0.1) is 31.2 Å². The average molecular weight is 304 g/mol. The molecule has 0 saturated carbocycles. The molecule has 1 aromatic carbocycles. The second-order valence-corrected chi connectivity index (χ2v) is 4.60. The largest absolute Gasteiger partial charge is 0.468 e. The summed E-state index contributed by atoms with van der Waals surface area (Å²) in [5.74, 6) is -3.46. The number of hydrogen-bond acceptors (Lipinski definition) is 6. The third kappa shape index (κ3) is 2.65. The van der Waals surface area contributed by atoms with E-state index in [9.17, 15) is 14.4 Å². The Morgan fingerprint density at radius 1 is 1.14 bits per heavy atom. The van der Waals surface area contributed by atoms with E-state index >= 15 is 0 Å². The zero-order valence-corrected chi connectivity index (χ0v) is 12.5. The SMILES string of the molecule is COC(=O)C1=C(C)N(Nc2ccccc2)C(=O)C1C(=O)OC. The van der Waals surface area contributed by atoms with Crippen LogP contribution in [0.15, 0.2) is 41.6 Å². The number of allylic oxidation sites excluding steroid dienone is 1. The number of carbonyl (C=O) groups excluding carboxylic acids is 3. The Balaban J connectivity index is 2.39. The van der Waals surface area contributed by atoms with Crippen LogP contribution in [0.4, 0.5) is 5.69 Å². The van der Waals surface area contributed by atoms with Gasteiger partial charge in [-0.25, -0.2) is 9.80 Å². The minimum Gasteiger partial charge on any atom is -0.468 e. The van der Waals surface area contributed by atoms with Crippen molar-refractivity contribution in [1.82, 2.24) is 5.01 Å². The van der Waals surface area contributed by atoms with Gasteiger partial charge in [-0.1, -0.05) is 18.2 Å². The standard InChI is InChI=1S/C15H16N2O5/c1-9-11(14(19)21-2)12(15(20)22-3)13(18)17(9)16-10-7-5-4-6-8-10/h4-8,12,16H,1-3H3. The summed E-state index contributed by atoms with van der Waals surface area (Å²) in [5, 5.41) is 1.16. The third-order valence-electron chi connectivity index (χ3n) is 3.34. The van der Waals surface area contributed by atoms with Crippen LogP contribution in [-0.4, -0.2) is 37.1 Å². The van der Waals surface area contributed by atoms with Crippen molar-refractivity contribution in [2.75, 3.05) is 19.6 Å². The van der Waals surface area contributed by atoms with Crippen molar-refractivity contribution < 1.29 is 23.9 Å². The number of ether oxygens (including phenoxy) is 2. The van der Waals surface area contributed by atoms with Crippen molar-refractivity contribution in [3.8, 4) is 0 Å². The predicted molar refractivity (Wildman–Crippen MR) is 77.1 cm³/mol. The van der Waals surface area contributed by atoms with E-state index in [1.165, 1.54) is 7.11 Å². The van der Waals surface area contributed by atoms with Crippen LogP contribution >= 0.6 is 0 Å². The maximum absolute atomic E-state index is 12.5. The maximum Gasteiger partial charge on any atom is 0.337 e. The molecule has 1 unspecified atom stereocenters. The molecule has 0 saturated heterocycles. The van der Waals surface area contributed by atoms with Gasteiger partial charge < -0.3 is 9.47 Å². The smallest absolute Gasteiger partial charge is 0.337 e. The molecular formula is C15H16N2O5. The zero-order valence-electron chi connectivity index (χ0n) is 12.5. The van der Waals surface area contributed by atoms with Crippen LogP contribution < -0.4 is 5.43 Å². The summed E-state index contributed by atoms with van der Waals surface area (Å²) in [6.07, 6.45) is 0. The second kappa shape index (κ2) is 6.30. The van der Waals surface area contributed by atoms with Crippen molar-refractivity contribution >= 4 is 23.5 Å². The molecule has 0 fully saturated rings. The van der Waals surface area contributed by atoms with Crippen LogP contribution in [-0.2, 0) is 23.9 Å². The number of amides is 1. The van der Waals surface area contributed by atoms with Gasteiger partial charge in [-0.15, -0.1) is 0 Å². The molecule has 116 valence electrons. The van der Waals surface area contributed by atoms with Gasteiger partial charge in [0, 0.05) is 0 Å². The van der Waals surface area contributed by atoms with Crippen molar-refractivity contribution in [2.24, 2.45) is 5.92 Å². The van der Waals surface area contributed by atoms with Gasteiger partial charge in [-0.3, -0.25) is 15.0 Å². The summed E-state index contributed by atoms with van der Waals surface area (Å²) in [4.78, 5) is 36.2. The Bertz CT molecular complexity index is 639. The minimum atomic E-state index is -1.33. The van der Waals surface area contributed by atoms with Crippen LogP contribution in [0, 0.1) is 5.92 Å². The van der Waals surface area contributed by atoms with Gasteiger partial charge in [0.2, 0.25) is 0 Å². The van der Waals surface area contributed by atoms with Gasteiger partial charge in [0.25, 0.3) is 5.91 Å². The van der Waals surface area contributed by atoms with Gasteiger partial charge in [0.15, 0.2) is 5.92 Å². The van der Waals surface area contributed by atoms with E-state index < -0.39 is 23.8 Å². The highest BCUT2D eigenvalue weighted by Crippen LogP contribution is 2.31. The number of carbonyl (C=O) groups is 3. The lowest BCUT2D eigenvalue weighted by Gasteiger charge is -2.20. The summed E-state index contributed by atoms with van der Waals surface area (Å²) in [6, 6.07) is 8.92. The number of anilines is 1. The van der Waals surface area contributed by atoms with Crippen molar-refractivity contribution in [1.29, 1.82) is 0 Å². The highest BCUT2D eigenvalue weighted by molar-refractivity contribution is 6.12. The molecule has 0 aromatic heterocycles. The molecular weight excluding hydrogens is 288 g/mol. The fraction of sp³-hybridized carbons (Fsp3) is 0.267. The number of hydrazine groups is 1. The Morgan fingerprint density at radius 3 is 2.32 bits per heavy atom. The van der Waals surface area contributed by atoms with Crippen molar-refractivity contribution in [2.45, 2.75) is 6.92 Å². The van der Waals surface area contributed by atoms with Crippen molar-refractivity contribution in [3.63, 3.8) is 0 Å². The van der Waals surface area contributed by atoms with Crippen LogP contribution in [0.3, 0.4) is 0 Å². The van der Waals surface area contributed by atoms with E-state index in [4.69, 9.17) is 0 Å². The highest BCUT2D eigenvalue weighted by atomic mass is 16.5. The molecule has 0 radical (unpaired) electrons. The summed E-state index contributed by atoms with van der Waals surface area (Å²) in [5.41, 5.74) is 3.79. The fourth-order valence-corrected chi connectivity index (χ4v) is 2.24. The Labute approximate surface area is 127 Å². The number of rotatable bonds is 4. The van der Waals surface area contributed by atoms with E-state index in [-0.39, 0.29) is 5.57 Å². The minimum absolute atomic E-state index is 0.0252. The first kappa shape index (κ1) is 15.6. The molecule has 1 heterocycles. The number of para-hydroxylation sites is 1. The lowest BCUT2D eigenvalue weighted by Crippen LogP contribution is -2.36. The van der Waals surface area contributed by atoms with Crippen LogP contribution in [0.2, 0.25) is 0 Å². The number of esters is 2. The molecule has 1 aliphatic heterocycles. The Morgan fingerprint density at radius 2 is 1.77 bits per heavy atom. The lowest BCUT2D eigenvalue weighted by molar-refractivity contribution is -0.151. The Kier molecular flexibility index (Phi) is 4.45. The maximum atomic E-state index is 12.5. The predicted octanol–water partition coefficient (Wildman–Crippen LogP) is 1.09. The topological polar surface area (TPSA) is 84.9 Å². The molecule has 0 bridgehead atoms. The van der Waals surface area contributed by atoms with Crippen LogP contribution in [0.5, 0.6) is 0 Å². The normalized spacial score (nSPS) is 17.5. The van der Waals surface area contributed by atoms with Crippen LogP contribution in [0.1, 0.15) is 6.92 Å². The number of benzene rings is 1. The fourth-order valence-electron chi connectivity index (χ4n) is 2.24. The van der Waals surface area contributed by atoms with Gasteiger partial charge in [-0.05, 0) is 19.1 Å². The zero-order chi connectivity index (χ0) is 16.3. The second-order valence-electron chi connectivity index (χ2n) is 4.60. The first-order valence-corrected chi connectivity index (χ1v) is 6.53. The number of nitrogens with one attached hydrogen (secondary N) is 1. The Hall–Kier alpha value is -2.83. The molecule has 1 amide bonds. The first-order chi connectivity index (χ1) is 10.5. The van der Waals surface area contributed by atoms with E-state index in [2.05, 4.69) is 14.9 Å². The summed E-state index contributed by atoms with van der Waals surface area (Å²) in [7, 11) is 2.35. The number of hydrogen-bond donors (Lipinski definition) is 1. The number of nitrogens with zero attached hydrogens (tertiary/aromatic N) is 1. The molecule has 1 aromatic rings. The summed E-state index contributed by atoms with van der Waals surface area (Å²) >= 11 is 0. The molecule has 1 aliphatic rings. The summed E-state index contributed by atoms with van der Waals surface area (Å²) < 4.78 is 9.29. The highest BCUT2D eigenvalue weighted by Gasteiger charge is 2.47. The molecule has 0 aliphatic carbocycles. The van der Waals surface area contributed by atoms with Gasteiger partial charge in [-0.2, -0.15) is 0 Å². The monoisotopic (exact) mass is 304 g/mol. The van der Waals surface area contributed by atoms with Gasteiger partial charge in [0.1, 0.15) is 0 Å². The molecule has 1 atom stereocenters. The van der Waals surface area contributed by atoms with E-state index in [0.717, 1.165) is 12.1 Å². The molecule has 7 nitrogen and oxygen atoms in total. The third-order valence-corrected chi connectivity index (χ3v) is 3.34. The molecule has 0 spiro atoms. The molecule has 22 heavy (non-hydrogen) atoms. The van der Waals surface area contributed by atoms with Gasteiger partial charge >= 0.3 is 11.9 Å². The van der Waals surface area contributed by atoms with Crippen LogP contribution in [0.25, 0.3) is 0 Å². The average Bonchev–Trinajstić information content (AvgIpc) is 2.79. The van der Waals surface area contributed by atoms with E-state index in [0.29, 0.717) is 11.4 Å². The quantitative estimate of drug-likeness (QED) is 0.662. The molecule has 7 heteroatoms. The van der Waals surface area contributed by atoms with E-state index in [1.54, 1.807) is 31.2 Å². The van der Waals surface area contributed by atoms with E-state index in [1.807, 2.05) is 6.07 Å². The number of methoxy groups -OCH3 is 2.